The second-order valence-corrected chi connectivity index (χ2v) is 9.36. The van der Waals surface area contributed by atoms with Crippen LogP contribution in [0.15, 0.2) is 30.3 Å². The smallest absolute Gasteiger partial charge is 0.254 e. The minimum atomic E-state index is 0.0783. The predicted octanol–water partition coefficient (Wildman–Crippen LogP) is 2.93. The molecule has 3 saturated heterocycles. The van der Waals surface area contributed by atoms with Crippen LogP contribution in [-0.2, 0) is 9.53 Å². The number of amides is 2. The van der Waals surface area contributed by atoms with E-state index in [-0.39, 0.29) is 17.9 Å². The molecule has 3 fully saturated rings. The SMILES string of the molecule is COCCNC(=O)CCC[C@@H]1[C@H]2CCCN3CCC[C@@H](CN1C(=O)c1ccccc1)[C@@H]23. The summed E-state index contributed by atoms with van der Waals surface area (Å²) in [7, 11) is 1.64. The maximum absolute atomic E-state index is 13.5. The molecule has 0 unspecified atom stereocenters. The molecule has 1 aromatic rings. The third-order valence-corrected chi connectivity index (χ3v) is 7.49. The Labute approximate surface area is 186 Å². The number of rotatable bonds is 8. The number of ether oxygens (including phenoxy) is 1. The fourth-order valence-electron chi connectivity index (χ4n) is 6.20. The van der Waals surface area contributed by atoms with Crippen LogP contribution in [0.5, 0.6) is 0 Å². The number of carbonyl (C=O) groups is 2. The van der Waals surface area contributed by atoms with Gasteiger partial charge in [-0.1, -0.05) is 18.2 Å². The van der Waals surface area contributed by atoms with Crippen molar-refractivity contribution >= 4 is 11.8 Å². The van der Waals surface area contributed by atoms with E-state index in [4.69, 9.17) is 4.74 Å². The molecule has 0 bridgehead atoms. The lowest BCUT2D eigenvalue weighted by atomic mass is 9.69. The molecule has 1 aromatic carbocycles. The molecule has 0 radical (unpaired) electrons. The maximum Gasteiger partial charge on any atom is 0.254 e. The van der Waals surface area contributed by atoms with Gasteiger partial charge in [0, 0.05) is 44.3 Å². The van der Waals surface area contributed by atoms with Crippen LogP contribution >= 0.6 is 0 Å². The fourth-order valence-corrected chi connectivity index (χ4v) is 6.20. The number of nitrogens with one attached hydrogen (secondary N) is 1. The number of likely N-dealkylation sites (tertiary alicyclic amines) is 1. The molecule has 4 atom stereocenters. The van der Waals surface area contributed by atoms with E-state index in [2.05, 4.69) is 15.1 Å². The zero-order chi connectivity index (χ0) is 21.6. The van der Waals surface area contributed by atoms with E-state index in [1.807, 2.05) is 30.3 Å². The molecule has 6 heteroatoms. The average Bonchev–Trinajstić information content (AvgIpc) is 2.81. The molecule has 2 amide bonds. The molecule has 4 rings (SSSR count). The maximum atomic E-state index is 13.5. The summed E-state index contributed by atoms with van der Waals surface area (Å²) in [4.78, 5) is 30.6. The van der Waals surface area contributed by atoms with Crippen LogP contribution in [0.25, 0.3) is 0 Å². The summed E-state index contributed by atoms with van der Waals surface area (Å²) < 4.78 is 5.01. The van der Waals surface area contributed by atoms with Gasteiger partial charge in [0.05, 0.1) is 6.61 Å². The average molecular weight is 428 g/mol. The topological polar surface area (TPSA) is 61.9 Å². The molecule has 0 spiro atoms. The Hall–Kier alpha value is -1.92. The van der Waals surface area contributed by atoms with Crippen molar-refractivity contribution in [3.8, 4) is 0 Å². The molecule has 3 aliphatic heterocycles. The molecule has 0 aliphatic carbocycles. The van der Waals surface area contributed by atoms with Crippen molar-refractivity contribution in [2.75, 3.05) is 39.9 Å². The second-order valence-electron chi connectivity index (χ2n) is 9.36. The molecule has 3 heterocycles. The highest BCUT2D eigenvalue weighted by Crippen LogP contribution is 2.43. The monoisotopic (exact) mass is 427 g/mol. The Balaban J connectivity index is 1.48. The van der Waals surface area contributed by atoms with Crippen LogP contribution in [-0.4, -0.2) is 73.6 Å². The van der Waals surface area contributed by atoms with Gasteiger partial charge in [0.1, 0.15) is 0 Å². The normalized spacial score (nSPS) is 28.1. The molecule has 0 saturated carbocycles. The standard InChI is InChI=1S/C25H37N3O3/c1-31-17-14-26-23(29)13-5-12-22-21-11-7-16-27-15-6-10-20(24(21)27)18-28(22)25(30)19-8-3-2-4-9-19/h2-4,8-9,20-22,24H,5-7,10-18H2,1H3,(H,26,29)/t20-,21+,22+,24-/m0/s1. The van der Waals surface area contributed by atoms with Crippen molar-refractivity contribution < 1.29 is 14.3 Å². The Bertz CT molecular complexity index is 739. The van der Waals surface area contributed by atoms with Crippen molar-refractivity contribution in [2.24, 2.45) is 11.8 Å². The first-order valence-corrected chi connectivity index (χ1v) is 12.0. The summed E-state index contributed by atoms with van der Waals surface area (Å²) >= 11 is 0. The number of carbonyl (C=O) groups excluding carboxylic acids is 2. The van der Waals surface area contributed by atoms with Crippen molar-refractivity contribution in [3.63, 3.8) is 0 Å². The zero-order valence-corrected chi connectivity index (χ0v) is 18.8. The molecule has 3 aliphatic rings. The van der Waals surface area contributed by atoms with Gasteiger partial charge in [0.15, 0.2) is 0 Å². The molecule has 6 nitrogen and oxygen atoms in total. The number of nitrogens with zero attached hydrogens (tertiary/aromatic N) is 2. The number of hydrogen-bond donors (Lipinski definition) is 1. The van der Waals surface area contributed by atoms with E-state index in [1.165, 1.54) is 38.8 Å². The van der Waals surface area contributed by atoms with E-state index < -0.39 is 0 Å². The molecular formula is C25H37N3O3. The number of methoxy groups -OCH3 is 1. The third-order valence-electron chi connectivity index (χ3n) is 7.49. The summed E-state index contributed by atoms with van der Waals surface area (Å²) in [6.07, 6.45) is 7.11. The molecule has 0 aromatic heterocycles. The summed E-state index contributed by atoms with van der Waals surface area (Å²) in [6, 6.07) is 10.6. The van der Waals surface area contributed by atoms with Crippen LogP contribution in [0.1, 0.15) is 55.3 Å². The zero-order valence-electron chi connectivity index (χ0n) is 18.8. The number of piperidine rings is 3. The Morgan fingerprint density at radius 1 is 1.13 bits per heavy atom. The molecule has 31 heavy (non-hydrogen) atoms. The number of benzene rings is 1. The minimum absolute atomic E-state index is 0.0783. The van der Waals surface area contributed by atoms with Crippen LogP contribution < -0.4 is 5.32 Å². The third kappa shape index (κ3) is 5.12. The van der Waals surface area contributed by atoms with Crippen LogP contribution in [0, 0.1) is 11.8 Å². The van der Waals surface area contributed by atoms with Crippen LogP contribution in [0.4, 0.5) is 0 Å². The number of hydrogen-bond acceptors (Lipinski definition) is 4. The van der Waals surface area contributed by atoms with Gasteiger partial charge >= 0.3 is 0 Å². The van der Waals surface area contributed by atoms with Gasteiger partial charge in [-0.05, 0) is 75.6 Å². The summed E-state index contributed by atoms with van der Waals surface area (Å²) in [6.45, 7) is 4.36. The van der Waals surface area contributed by atoms with Crippen molar-refractivity contribution in [1.82, 2.24) is 15.1 Å². The van der Waals surface area contributed by atoms with E-state index >= 15 is 0 Å². The highest BCUT2D eigenvalue weighted by atomic mass is 16.5. The lowest BCUT2D eigenvalue weighted by molar-refractivity contribution is -0.121. The van der Waals surface area contributed by atoms with Crippen molar-refractivity contribution in [1.29, 1.82) is 0 Å². The van der Waals surface area contributed by atoms with Crippen LogP contribution in [0.2, 0.25) is 0 Å². The summed E-state index contributed by atoms with van der Waals surface area (Å²) in [5, 5.41) is 2.92. The first kappa shape index (κ1) is 22.3. The van der Waals surface area contributed by atoms with Gasteiger partial charge in [0.2, 0.25) is 5.91 Å². The fraction of sp³-hybridized carbons (Fsp3) is 0.680. The van der Waals surface area contributed by atoms with Gasteiger partial charge in [0.25, 0.3) is 5.91 Å². The van der Waals surface area contributed by atoms with Crippen molar-refractivity contribution in [3.05, 3.63) is 35.9 Å². The summed E-state index contributed by atoms with van der Waals surface area (Å²) in [5.74, 6) is 1.35. The van der Waals surface area contributed by atoms with Gasteiger partial charge in [-0.25, -0.2) is 0 Å². The lowest BCUT2D eigenvalue weighted by Gasteiger charge is -2.57. The Kier molecular flexibility index (Phi) is 7.62. The minimum Gasteiger partial charge on any atom is -0.383 e. The second kappa shape index (κ2) is 10.6. The Morgan fingerprint density at radius 2 is 1.90 bits per heavy atom. The summed E-state index contributed by atoms with van der Waals surface area (Å²) in [5.41, 5.74) is 0.784. The molecular weight excluding hydrogens is 390 g/mol. The highest BCUT2D eigenvalue weighted by molar-refractivity contribution is 5.94. The quantitative estimate of drug-likeness (QED) is 0.648. The first-order chi connectivity index (χ1) is 15.2. The van der Waals surface area contributed by atoms with Gasteiger partial charge < -0.3 is 15.0 Å². The van der Waals surface area contributed by atoms with E-state index in [0.29, 0.717) is 37.5 Å². The molecule has 1 N–H and O–H groups in total. The Morgan fingerprint density at radius 3 is 2.68 bits per heavy atom. The van der Waals surface area contributed by atoms with E-state index in [9.17, 15) is 9.59 Å². The molecule has 170 valence electrons. The largest absolute Gasteiger partial charge is 0.383 e. The van der Waals surface area contributed by atoms with Gasteiger partial charge in [-0.15, -0.1) is 0 Å². The first-order valence-electron chi connectivity index (χ1n) is 12.0. The lowest BCUT2D eigenvalue weighted by Crippen LogP contribution is -2.65. The van der Waals surface area contributed by atoms with Crippen molar-refractivity contribution in [2.45, 2.75) is 57.0 Å². The highest BCUT2D eigenvalue weighted by Gasteiger charge is 2.49. The van der Waals surface area contributed by atoms with E-state index in [0.717, 1.165) is 24.9 Å². The van der Waals surface area contributed by atoms with E-state index in [1.54, 1.807) is 7.11 Å². The van der Waals surface area contributed by atoms with Gasteiger partial charge in [-0.2, -0.15) is 0 Å². The predicted molar refractivity (Wildman–Crippen MR) is 121 cm³/mol. The van der Waals surface area contributed by atoms with Crippen LogP contribution in [0.3, 0.4) is 0 Å². The van der Waals surface area contributed by atoms with Gasteiger partial charge in [-0.3, -0.25) is 14.5 Å².